The summed E-state index contributed by atoms with van der Waals surface area (Å²) in [5.74, 6) is -4.47. The zero-order valence-electron chi connectivity index (χ0n) is 8.83. The number of hydrogen-bond acceptors (Lipinski definition) is 3. The fourth-order valence-electron chi connectivity index (χ4n) is 1.02. The molecule has 0 atom stereocenters. The zero-order valence-corrected chi connectivity index (χ0v) is 10.4. The molecular formula is C9H9ClF3NO3S. The van der Waals surface area contributed by atoms with Crippen LogP contribution in [0.15, 0.2) is 23.1 Å². The average Bonchev–Trinajstić information content (AvgIpc) is 2.30. The number of rotatable bonds is 5. The molecule has 102 valence electrons. The first-order chi connectivity index (χ1) is 8.18. The maximum atomic E-state index is 12.9. The van der Waals surface area contributed by atoms with Crippen molar-refractivity contribution in [3.8, 4) is 0 Å². The maximum Gasteiger partial charge on any atom is 0.283 e. The third kappa shape index (κ3) is 3.84. The SMILES string of the molecule is O=S(=O)(NCC(F)(F)CO)c1cc(F)ccc1Cl. The Kier molecular flexibility index (Phi) is 4.60. The molecule has 18 heavy (non-hydrogen) atoms. The molecule has 1 rings (SSSR count). The van der Waals surface area contributed by atoms with Gasteiger partial charge >= 0.3 is 0 Å². The van der Waals surface area contributed by atoms with Crippen LogP contribution >= 0.6 is 11.6 Å². The zero-order chi connectivity index (χ0) is 14.0. The van der Waals surface area contributed by atoms with Crippen LogP contribution in [0.5, 0.6) is 0 Å². The van der Waals surface area contributed by atoms with Crippen LogP contribution in [0.25, 0.3) is 0 Å². The lowest BCUT2D eigenvalue weighted by molar-refractivity contribution is -0.0437. The molecule has 0 unspecified atom stereocenters. The second-order valence-electron chi connectivity index (χ2n) is 3.41. The average molecular weight is 304 g/mol. The van der Waals surface area contributed by atoms with Crippen molar-refractivity contribution in [3.05, 3.63) is 29.0 Å². The standard InChI is InChI=1S/C9H9ClF3NO3S/c10-7-2-1-6(11)3-8(7)18(16,17)14-4-9(12,13)5-15/h1-3,14-15H,4-5H2. The molecule has 1 aromatic rings. The lowest BCUT2D eigenvalue weighted by Gasteiger charge is -2.14. The van der Waals surface area contributed by atoms with E-state index in [1.807, 2.05) is 0 Å². The molecule has 4 nitrogen and oxygen atoms in total. The summed E-state index contributed by atoms with van der Waals surface area (Å²) in [4.78, 5) is -0.641. The third-order valence-electron chi connectivity index (χ3n) is 1.93. The number of hydrogen-bond donors (Lipinski definition) is 2. The fraction of sp³-hybridized carbons (Fsp3) is 0.333. The van der Waals surface area contributed by atoms with Gasteiger partial charge in [0.1, 0.15) is 17.3 Å². The molecule has 0 bridgehead atoms. The van der Waals surface area contributed by atoms with Crippen LogP contribution < -0.4 is 4.72 Å². The number of nitrogens with one attached hydrogen (secondary N) is 1. The highest BCUT2D eigenvalue weighted by Crippen LogP contribution is 2.22. The molecule has 0 aromatic heterocycles. The minimum Gasteiger partial charge on any atom is -0.390 e. The molecule has 0 fully saturated rings. The summed E-state index contributed by atoms with van der Waals surface area (Å²) in [7, 11) is -4.37. The summed E-state index contributed by atoms with van der Waals surface area (Å²) < 4.78 is 63.0. The molecule has 0 radical (unpaired) electrons. The molecule has 0 saturated heterocycles. The van der Waals surface area contributed by atoms with Gasteiger partial charge in [0.15, 0.2) is 0 Å². The summed E-state index contributed by atoms with van der Waals surface area (Å²) in [6.07, 6.45) is 0. The molecule has 1 aromatic carbocycles. The van der Waals surface area contributed by atoms with E-state index in [9.17, 15) is 21.6 Å². The second-order valence-corrected chi connectivity index (χ2v) is 5.56. The van der Waals surface area contributed by atoms with E-state index >= 15 is 0 Å². The van der Waals surface area contributed by atoms with Crippen molar-refractivity contribution >= 4 is 21.6 Å². The van der Waals surface area contributed by atoms with Crippen molar-refractivity contribution in [1.29, 1.82) is 0 Å². The molecule has 0 saturated carbocycles. The van der Waals surface area contributed by atoms with Crippen LogP contribution in [0.4, 0.5) is 13.2 Å². The summed E-state index contributed by atoms with van der Waals surface area (Å²) in [6, 6.07) is 2.54. The molecular weight excluding hydrogens is 295 g/mol. The molecule has 0 spiro atoms. The summed E-state index contributed by atoms with van der Waals surface area (Å²) in [5, 5.41) is 7.99. The summed E-state index contributed by atoms with van der Waals surface area (Å²) in [6.45, 7) is -2.81. The van der Waals surface area contributed by atoms with Crippen molar-refractivity contribution in [2.24, 2.45) is 0 Å². The van der Waals surface area contributed by atoms with E-state index in [1.165, 1.54) is 0 Å². The number of aliphatic hydroxyl groups is 1. The van der Waals surface area contributed by atoms with Crippen molar-refractivity contribution in [1.82, 2.24) is 4.72 Å². The van der Waals surface area contributed by atoms with Gasteiger partial charge in [-0.15, -0.1) is 0 Å². The van der Waals surface area contributed by atoms with Crippen LogP contribution in [0.2, 0.25) is 5.02 Å². The minimum atomic E-state index is -4.37. The first kappa shape index (κ1) is 15.2. The van der Waals surface area contributed by atoms with E-state index < -0.39 is 39.8 Å². The van der Waals surface area contributed by atoms with Gasteiger partial charge in [-0.3, -0.25) is 0 Å². The van der Waals surface area contributed by atoms with Gasteiger partial charge in [0, 0.05) is 0 Å². The summed E-state index contributed by atoms with van der Waals surface area (Å²) >= 11 is 5.54. The lowest BCUT2D eigenvalue weighted by Crippen LogP contribution is -2.39. The Balaban J connectivity index is 2.97. The normalized spacial score (nSPS) is 12.7. The molecule has 2 N–H and O–H groups in total. The number of aliphatic hydroxyl groups excluding tert-OH is 1. The fourth-order valence-corrected chi connectivity index (χ4v) is 2.59. The van der Waals surface area contributed by atoms with Crippen LogP contribution in [0, 0.1) is 5.82 Å². The van der Waals surface area contributed by atoms with Gasteiger partial charge in [-0.2, -0.15) is 0 Å². The summed E-state index contributed by atoms with van der Waals surface area (Å²) in [5.41, 5.74) is 0. The van der Waals surface area contributed by atoms with Gasteiger partial charge < -0.3 is 5.11 Å². The smallest absolute Gasteiger partial charge is 0.283 e. The van der Waals surface area contributed by atoms with E-state index in [4.69, 9.17) is 16.7 Å². The van der Waals surface area contributed by atoms with Gasteiger partial charge in [0.2, 0.25) is 10.0 Å². The predicted octanol–water partition coefficient (Wildman–Crippen LogP) is 1.39. The van der Waals surface area contributed by atoms with Crippen molar-refractivity contribution in [2.75, 3.05) is 13.2 Å². The third-order valence-corrected chi connectivity index (χ3v) is 3.82. The monoisotopic (exact) mass is 303 g/mol. The van der Waals surface area contributed by atoms with E-state index in [2.05, 4.69) is 0 Å². The highest BCUT2D eigenvalue weighted by Gasteiger charge is 2.30. The Morgan fingerprint density at radius 1 is 1.39 bits per heavy atom. The maximum absolute atomic E-state index is 12.9. The number of alkyl halides is 2. The van der Waals surface area contributed by atoms with Gasteiger partial charge in [-0.25, -0.2) is 26.3 Å². The van der Waals surface area contributed by atoms with E-state index in [1.54, 1.807) is 4.72 Å². The number of halogens is 4. The molecule has 0 amide bonds. The highest BCUT2D eigenvalue weighted by atomic mass is 35.5. The predicted molar refractivity (Wildman–Crippen MR) is 58.6 cm³/mol. The van der Waals surface area contributed by atoms with Crippen molar-refractivity contribution in [2.45, 2.75) is 10.8 Å². The van der Waals surface area contributed by atoms with E-state index in [-0.39, 0.29) is 5.02 Å². The van der Waals surface area contributed by atoms with Crippen molar-refractivity contribution in [3.63, 3.8) is 0 Å². The van der Waals surface area contributed by atoms with Gasteiger partial charge in [0.25, 0.3) is 5.92 Å². The Morgan fingerprint density at radius 3 is 2.56 bits per heavy atom. The van der Waals surface area contributed by atoms with Gasteiger partial charge in [-0.1, -0.05) is 11.6 Å². The highest BCUT2D eigenvalue weighted by molar-refractivity contribution is 7.89. The number of sulfonamides is 1. The Labute approximate surface area is 106 Å². The number of benzene rings is 1. The molecule has 0 heterocycles. The Bertz CT molecular complexity index is 536. The molecule has 0 aliphatic heterocycles. The largest absolute Gasteiger partial charge is 0.390 e. The van der Waals surface area contributed by atoms with E-state index in [0.717, 1.165) is 12.1 Å². The molecule has 0 aliphatic carbocycles. The quantitative estimate of drug-likeness (QED) is 0.864. The van der Waals surface area contributed by atoms with Crippen LogP contribution in [0.1, 0.15) is 0 Å². The Morgan fingerprint density at radius 2 is 2.00 bits per heavy atom. The van der Waals surface area contributed by atoms with Crippen molar-refractivity contribution < 1.29 is 26.7 Å². The Hall–Kier alpha value is -0.830. The van der Waals surface area contributed by atoms with Gasteiger partial charge in [-0.05, 0) is 18.2 Å². The van der Waals surface area contributed by atoms with Gasteiger partial charge in [0.05, 0.1) is 11.6 Å². The lowest BCUT2D eigenvalue weighted by atomic mass is 10.3. The second kappa shape index (κ2) is 5.43. The first-order valence-corrected chi connectivity index (χ1v) is 6.47. The molecule has 9 heteroatoms. The van der Waals surface area contributed by atoms with E-state index in [0.29, 0.717) is 6.07 Å². The topological polar surface area (TPSA) is 66.4 Å². The molecule has 0 aliphatic rings. The van der Waals surface area contributed by atoms with Crippen LogP contribution in [0.3, 0.4) is 0 Å². The van der Waals surface area contributed by atoms with Crippen LogP contribution in [-0.2, 0) is 10.0 Å². The van der Waals surface area contributed by atoms with Crippen LogP contribution in [-0.4, -0.2) is 32.6 Å². The minimum absolute atomic E-state index is 0.295. The first-order valence-electron chi connectivity index (χ1n) is 4.61.